The maximum absolute atomic E-state index is 4.26. The maximum Gasteiger partial charge on any atom is 0.191 e. The summed E-state index contributed by atoms with van der Waals surface area (Å²) in [6.45, 7) is 2.68. The van der Waals surface area contributed by atoms with Crippen molar-refractivity contribution in [3.05, 3.63) is 66.2 Å². The lowest BCUT2D eigenvalue weighted by Gasteiger charge is -2.19. The number of aliphatic imine (C=N–C) groups is 1. The van der Waals surface area contributed by atoms with Crippen LogP contribution < -0.4 is 15.5 Å². The van der Waals surface area contributed by atoms with E-state index >= 15 is 0 Å². The van der Waals surface area contributed by atoms with Crippen LogP contribution in [-0.2, 0) is 6.54 Å². The SMILES string of the molecule is CN=C(NCCCN(C)c1ccccc1)NCc1ccccc1.I. The Labute approximate surface area is 162 Å². The van der Waals surface area contributed by atoms with E-state index in [9.17, 15) is 0 Å². The van der Waals surface area contributed by atoms with Gasteiger partial charge in [-0.1, -0.05) is 48.5 Å². The molecule has 0 saturated carbocycles. The van der Waals surface area contributed by atoms with E-state index in [1.165, 1.54) is 11.3 Å². The van der Waals surface area contributed by atoms with Crippen LogP contribution in [0.3, 0.4) is 0 Å². The summed E-state index contributed by atoms with van der Waals surface area (Å²) in [7, 11) is 3.92. The zero-order valence-electron chi connectivity index (χ0n) is 14.4. The Morgan fingerprint density at radius 1 is 0.958 bits per heavy atom. The number of benzene rings is 2. The van der Waals surface area contributed by atoms with Crippen molar-refractivity contribution in [1.82, 2.24) is 10.6 Å². The van der Waals surface area contributed by atoms with Gasteiger partial charge in [-0.2, -0.15) is 0 Å². The molecule has 2 aromatic carbocycles. The van der Waals surface area contributed by atoms with Gasteiger partial charge in [0.1, 0.15) is 0 Å². The van der Waals surface area contributed by atoms with Crippen molar-refractivity contribution < 1.29 is 0 Å². The summed E-state index contributed by atoms with van der Waals surface area (Å²) in [5.74, 6) is 0.844. The summed E-state index contributed by atoms with van der Waals surface area (Å²) in [4.78, 5) is 6.52. The summed E-state index contributed by atoms with van der Waals surface area (Å²) >= 11 is 0. The first-order valence-corrected chi connectivity index (χ1v) is 8.04. The number of para-hydroxylation sites is 1. The molecule has 2 N–H and O–H groups in total. The lowest BCUT2D eigenvalue weighted by Crippen LogP contribution is -2.38. The molecule has 0 fully saturated rings. The Bertz CT molecular complexity index is 587. The number of hydrogen-bond donors (Lipinski definition) is 2. The summed E-state index contributed by atoms with van der Waals surface area (Å²) in [6.07, 6.45) is 1.05. The van der Waals surface area contributed by atoms with Crippen LogP contribution in [0, 0.1) is 0 Å². The number of nitrogens with one attached hydrogen (secondary N) is 2. The Balaban J connectivity index is 0.00000288. The lowest BCUT2D eigenvalue weighted by atomic mass is 10.2. The van der Waals surface area contributed by atoms with E-state index in [0.29, 0.717) is 0 Å². The van der Waals surface area contributed by atoms with Gasteiger partial charge >= 0.3 is 0 Å². The largest absolute Gasteiger partial charge is 0.375 e. The first-order valence-electron chi connectivity index (χ1n) is 8.04. The molecule has 0 aliphatic rings. The van der Waals surface area contributed by atoms with E-state index in [1.54, 1.807) is 7.05 Å². The molecule has 4 nitrogen and oxygen atoms in total. The highest BCUT2D eigenvalue weighted by atomic mass is 127. The monoisotopic (exact) mass is 438 g/mol. The van der Waals surface area contributed by atoms with Crippen molar-refractivity contribution in [2.75, 3.05) is 32.1 Å². The maximum atomic E-state index is 4.26. The van der Waals surface area contributed by atoms with Gasteiger partial charge in [0, 0.05) is 39.4 Å². The van der Waals surface area contributed by atoms with Crippen LogP contribution >= 0.6 is 24.0 Å². The van der Waals surface area contributed by atoms with E-state index < -0.39 is 0 Å². The molecule has 0 spiro atoms. The molecule has 0 saturated heterocycles. The minimum absolute atomic E-state index is 0. The van der Waals surface area contributed by atoms with E-state index in [4.69, 9.17) is 0 Å². The van der Waals surface area contributed by atoms with Gasteiger partial charge < -0.3 is 15.5 Å². The highest BCUT2D eigenvalue weighted by Crippen LogP contribution is 2.10. The van der Waals surface area contributed by atoms with Crippen LogP contribution in [0.4, 0.5) is 5.69 Å². The highest BCUT2D eigenvalue weighted by Gasteiger charge is 2.01. The fraction of sp³-hybridized carbons (Fsp3) is 0.316. The molecule has 5 heteroatoms. The minimum Gasteiger partial charge on any atom is -0.375 e. The zero-order valence-corrected chi connectivity index (χ0v) is 16.7. The molecule has 0 aliphatic heterocycles. The van der Waals surface area contributed by atoms with Gasteiger partial charge in [-0.15, -0.1) is 24.0 Å². The van der Waals surface area contributed by atoms with Crippen molar-refractivity contribution in [2.24, 2.45) is 4.99 Å². The quantitative estimate of drug-likeness (QED) is 0.301. The van der Waals surface area contributed by atoms with Crippen LogP contribution in [-0.4, -0.2) is 33.1 Å². The molecule has 0 aromatic heterocycles. The molecule has 0 radical (unpaired) electrons. The van der Waals surface area contributed by atoms with Crippen molar-refractivity contribution >= 4 is 35.6 Å². The van der Waals surface area contributed by atoms with Crippen LogP contribution in [0.15, 0.2) is 65.7 Å². The third kappa shape index (κ3) is 7.21. The minimum atomic E-state index is 0. The second-order valence-electron chi connectivity index (χ2n) is 5.45. The standard InChI is InChI=1S/C19H26N4.HI/c1-20-19(22-16-17-10-5-3-6-11-17)21-14-9-15-23(2)18-12-7-4-8-13-18;/h3-8,10-13H,9,14-16H2,1-2H3,(H2,20,21,22);1H. The Morgan fingerprint density at radius 2 is 1.58 bits per heavy atom. The molecule has 2 aromatic rings. The lowest BCUT2D eigenvalue weighted by molar-refractivity contribution is 0.729. The average molecular weight is 438 g/mol. The Hall–Kier alpha value is -1.76. The van der Waals surface area contributed by atoms with Gasteiger partial charge in [0.05, 0.1) is 0 Å². The molecular weight excluding hydrogens is 411 g/mol. The first kappa shape index (κ1) is 20.3. The van der Waals surface area contributed by atoms with Crippen molar-refractivity contribution in [2.45, 2.75) is 13.0 Å². The molecule has 0 unspecified atom stereocenters. The van der Waals surface area contributed by atoms with Crippen LogP contribution in [0.5, 0.6) is 0 Å². The Kier molecular flexibility index (Phi) is 9.91. The molecular formula is C19H27IN4. The van der Waals surface area contributed by atoms with E-state index in [2.05, 4.69) is 64.0 Å². The summed E-state index contributed by atoms with van der Waals surface area (Å²) in [6, 6.07) is 20.8. The van der Waals surface area contributed by atoms with Crippen molar-refractivity contribution in [3.63, 3.8) is 0 Å². The second kappa shape index (κ2) is 11.7. The van der Waals surface area contributed by atoms with Gasteiger partial charge in [-0.25, -0.2) is 0 Å². The van der Waals surface area contributed by atoms with Crippen molar-refractivity contribution in [3.8, 4) is 0 Å². The molecule has 130 valence electrons. The van der Waals surface area contributed by atoms with Crippen LogP contribution in [0.1, 0.15) is 12.0 Å². The molecule has 0 amide bonds. The van der Waals surface area contributed by atoms with Gasteiger partial charge in [-0.3, -0.25) is 4.99 Å². The van der Waals surface area contributed by atoms with E-state index in [-0.39, 0.29) is 24.0 Å². The molecule has 24 heavy (non-hydrogen) atoms. The first-order chi connectivity index (χ1) is 11.3. The number of hydrogen-bond acceptors (Lipinski definition) is 2. The van der Waals surface area contributed by atoms with E-state index in [1.807, 2.05) is 24.3 Å². The highest BCUT2D eigenvalue weighted by molar-refractivity contribution is 14.0. The smallest absolute Gasteiger partial charge is 0.191 e. The third-order valence-electron chi connectivity index (χ3n) is 3.69. The number of halogens is 1. The third-order valence-corrected chi connectivity index (χ3v) is 3.69. The van der Waals surface area contributed by atoms with Gasteiger partial charge in [-0.05, 0) is 24.1 Å². The number of anilines is 1. The Morgan fingerprint density at radius 3 is 2.21 bits per heavy atom. The van der Waals surface area contributed by atoms with Gasteiger partial charge in [0.25, 0.3) is 0 Å². The fourth-order valence-electron chi connectivity index (χ4n) is 2.34. The van der Waals surface area contributed by atoms with Crippen LogP contribution in [0.2, 0.25) is 0 Å². The normalized spacial score (nSPS) is 10.7. The molecule has 0 atom stereocenters. The van der Waals surface area contributed by atoms with Gasteiger partial charge in [0.15, 0.2) is 5.96 Å². The zero-order chi connectivity index (χ0) is 16.3. The molecule has 0 bridgehead atoms. The number of rotatable bonds is 7. The topological polar surface area (TPSA) is 39.7 Å². The molecule has 0 aliphatic carbocycles. The van der Waals surface area contributed by atoms with Crippen molar-refractivity contribution in [1.29, 1.82) is 0 Å². The summed E-state index contributed by atoms with van der Waals surface area (Å²) < 4.78 is 0. The summed E-state index contributed by atoms with van der Waals surface area (Å²) in [5, 5.41) is 6.69. The summed E-state index contributed by atoms with van der Waals surface area (Å²) in [5.41, 5.74) is 2.50. The van der Waals surface area contributed by atoms with Gasteiger partial charge in [0.2, 0.25) is 0 Å². The number of guanidine groups is 1. The fourth-order valence-corrected chi connectivity index (χ4v) is 2.34. The number of nitrogens with zero attached hydrogens (tertiary/aromatic N) is 2. The second-order valence-corrected chi connectivity index (χ2v) is 5.45. The van der Waals surface area contributed by atoms with E-state index in [0.717, 1.165) is 32.0 Å². The van der Waals surface area contributed by atoms with Crippen LogP contribution in [0.25, 0.3) is 0 Å². The molecule has 0 heterocycles. The predicted molar refractivity (Wildman–Crippen MR) is 114 cm³/mol. The predicted octanol–water partition coefficient (Wildman–Crippen LogP) is 3.50. The average Bonchev–Trinajstić information content (AvgIpc) is 2.62. The molecule has 2 rings (SSSR count).